The molecule has 0 spiro atoms. The van der Waals surface area contributed by atoms with Crippen LogP contribution in [-0.2, 0) is 0 Å². The highest BCUT2D eigenvalue weighted by Crippen LogP contribution is 2.00. The maximum atomic E-state index is 5.98. The van der Waals surface area contributed by atoms with Crippen LogP contribution in [0.25, 0.3) is 0 Å². The fourth-order valence-electron chi connectivity index (χ4n) is 1.30. The van der Waals surface area contributed by atoms with Gasteiger partial charge < -0.3 is 10.6 Å². The Morgan fingerprint density at radius 2 is 2.15 bits per heavy atom. The van der Waals surface area contributed by atoms with E-state index in [1.54, 1.807) is 0 Å². The van der Waals surface area contributed by atoms with Gasteiger partial charge in [0.05, 0.1) is 0 Å². The van der Waals surface area contributed by atoms with Gasteiger partial charge in [0, 0.05) is 24.9 Å². The lowest BCUT2D eigenvalue weighted by molar-refractivity contribution is 0.319. The van der Waals surface area contributed by atoms with Crippen molar-refractivity contribution in [2.45, 2.75) is 32.2 Å². The molecule has 0 aromatic heterocycles. The van der Waals surface area contributed by atoms with Crippen LogP contribution in [0.2, 0.25) is 0 Å². The molecule has 13 heavy (non-hydrogen) atoms. The van der Waals surface area contributed by atoms with E-state index in [1.165, 1.54) is 25.0 Å². The summed E-state index contributed by atoms with van der Waals surface area (Å²) in [5, 5.41) is 0. The van der Waals surface area contributed by atoms with Gasteiger partial charge in [0.1, 0.15) is 0 Å². The molecule has 0 fully saturated rings. The summed E-state index contributed by atoms with van der Waals surface area (Å²) in [6, 6.07) is 0.367. The molecule has 0 aromatic rings. The Labute approximate surface area is 87.2 Å². The molecule has 0 amide bonds. The molecule has 0 saturated heterocycles. The molecular weight excluding hydrogens is 180 g/mol. The number of nitrogens with two attached hydrogens (primary N) is 1. The van der Waals surface area contributed by atoms with Gasteiger partial charge in [-0.05, 0) is 19.7 Å². The van der Waals surface area contributed by atoms with E-state index in [0.717, 1.165) is 13.1 Å². The molecule has 0 radical (unpaired) electrons. The maximum absolute atomic E-state index is 5.98. The van der Waals surface area contributed by atoms with E-state index in [2.05, 4.69) is 25.1 Å². The third kappa shape index (κ3) is 8.60. The zero-order chi connectivity index (χ0) is 10.1. The van der Waals surface area contributed by atoms with E-state index < -0.39 is 0 Å². The summed E-state index contributed by atoms with van der Waals surface area (Å²) in [4.78, 5) is 2.33. The van der Waals surface area contributed by atoms with Crippen LogP contribution in [0, 0.1) is 0 Å². The molecule has 2 N–H and O–H groups in total. The maximum Gasteiger partial charge on any atom is 0.0167 e. The number of unbranched alkanes of at least 4 members (excludes halogenated alkanes) is 1. The van der Waals surface area contributed by atoms with Crippen LogP contribution in [0.4, 0.5) is 0 Å². The number of hydrogen-bond acceptors (Lipinski definition) is 3. The summed E-state index contributed by atoms with van der Waals surface area (Å²) < 4.78 is 0. The SMILES string of the molecule is CCCCC(N)CN(C)CCSC. The lowest BCUT2D eigenvalue weighted by atomic mass is 10.1. The molecule has 80 valence electrons. The van der Waals surface area contributed by atoms with Gasteiger partial charge in [0.2, 0.25) is 0 Å². The van der Waals surface area contributed by atoms with Crippen molar-refractivity contribution in [3.8, 4) is 0 Å². The molecular formula is C10H24N2S. The average molecular weight is 204 g/mol. The molecule has 0 bridgehead atoms. The summed E-state index contributed by atoms with van der Waals surface area (Å²) in [7, 11) is 2.15. The van der Waals surface area contributed by atoms with Crippen molar-refractivity contribution in [2.75, 3.05) is 32.1 Å². The van der Waals surface area contributed by atoms with Gasteiger partial charge in [-0.1, -0.05) is 19.8 Å². The summed E-state index contributed by atoms with van der Waals surface area (Å²) in [5.41, 5.74) is 5.98. The molecule has 0 aliphatic heterocycles. The first-order valence-corrected chi connectivity index (χ1v) is 6.53. The minimum absolute atomic E-state index is 0.367. The highest BCUT2D eigenvalue weighted by molar-refractivity contribution is 7.98. The van der Waals surface area contributed by atoms with Crippen molar-refractivity contribution in [2.24, 2.45) is 5.73 Å². The van der Waals surface area contributed by atoms with Crippen LogP contribution in [0.5, 0.6) is 0 Å². The zero-order valence-electron chi connectivity index (χ0n) is 9.25. The van der Waals surface area contributed by atoms with E-state index in [9.17, 15) is 0 Å². The Bertz CT molecular complexity index is 97.1. The van der Waals surface area contributed by atoms with E-state index in [-0.39, 0.29) is 0 Å². The van der Waals surface area contributed by atoms with Gasteiger partial charge in [-0.25, -0.2) is 0 Å². The largest absolute Gasteiger partial charge is 0.327 e. The lowest BCUT2D eigenvalue weighted by Gasteiger charge is -2.20. The van der Waals surface area contributed by atoms with E-state index in [4.69, 9.17) is 5.73 Å². The van der Waals surface area contributed by atoms with Gasteiger partial charge in [0.25, 0.3) is 0 Å². The fourth-order valence-corrected chi connectivity index (χ4v) is 1.79. The van der Waals surface area contributed by atoms with Gasteiger partial charge in [0.15, 0.2) is 0 Å². The normalized spacial score (nSPS) is 13.6. The average Bonchev–Trinajstić information content (AvgIpc) is 2.11. The van der Waals surface area contributed by atoms with Crippen molar-refractivity contribution < 1.29 is 0 Å². The Hall–Kier alpha value is 0.270. The molecule has 2 nitrogen and oxygen atoms in total. The first-order valence-electron chi connectivity index (χ1n) is 5.13. The number of rotatable bonds is 8. The van der Waals surface area contributed by atoms with Crippen LogP contribution >= 0.6 is 11.8 Å². The van der Waals surface area contributed by atoms with Crippen molar-refractivity contribution in [3.63, 3.8) is 0 Å². The lowest BCUT2D eigenvalue weighted by Crippen LogP contribution is -2.36. The van der Waals surface area contributed by atoms with Crippen LogP contribution in [0.15, 0.2) is 0 Å². The zero-order valence-corrected chi connectivity index (χ0v) is 10.1. The van der Waals surface area contributed by atoms with Gasteiger partial charge in [-0.3, -0.25) is 0 Å². The summed E-state index contributed by atoms with van der Waals surface area (Å²) in [6.45, 7) is 4.41. The van der Waals surface area contributed by atoms with Crippen LogP contribution < -0.4 is 5.73 Å². The molecule has 1 atom stereocenters. The summed E-state index contributed by atoms with van der Waals surface area (Å²) >= 11 is 1.89. The standard InChI is InChI=1S/C10H24N2S/c1-4-5-6-10(11)9-12(2)7-8-13-3/h10H,4-9,11H2,1-3H3. The fraction of sp³-hybridized carbons (Fsp3) is 1.00. The number of likely N-dealkylation sites (N-methyl/N-ethyl adjacent to an activating group) is 1. The predicted octanol–water partition coefficient (Wildman–Crippen LogP) is 1.80. The number of nitrogens with zero attached hydrogens (tertiary/aromatic N) is 1. The third-order valence-electron chi connectivity index (χ3n) is 2.15. The Morgan fingerprint density at radius 1 is 1.46 bits per heavy atom. The molecule has 0 aromatic carbocycles. The van der Waals surface area contributed by atoms with E-state index >= 15 is 0 Å². The summed E-state index contributed by atoms with van der Waals surface area (Å²) in [6.07, 6.45) is 5.82. The third-order valence-corrected chi connectivity index (χ3v) is 2.74. The van der Waals surface area contributed by atoms with Crippen LogP contribution in [-0.4, -0.2) is 43.1 Å². The molecule has 3 heteroatoms. The second kappa shape index (κ2) is 8.85. The van der Waals surface area contributed by atoms with Crippen molar-refractivity contribution in [1.82, 2.24) is 4.90 Å². The minimum Gasteiger partial charge on any atom is -0.327 e. The topological polar surface area (TPSA) is 29.3 Å². The van der Waals surface area contributed by atoms with E-state index in [1.807, 2.05) is 11.8 Å². The number of hydrogen-bond donors (Lipinski definition) is 1. The quantitative estimate of drug-likeness (QED) is 0.654. The predicted molar refractivity (Wildman–Crippen MR) is 63.4 cm³/mol. The Balaban J connectivity index is 3.35. The highest BCUT2D eigenvalue weighted by Gasteiger charge is 2.05. The van der Waals surface area contributed by atoms with Crippen molar-refractivity contribution >= 4 is 11.8 Å². The Kier molecular flexibility index (Phi) is 9.03. The molecule has 0 aliphatic carbocycles. The van der Waals surface area contributed by atoms with Crippen LogP contribution in [0.1, 0.15) is 26.2 Å². The van der Waals surface area contributed by atoms with Gasteiger partial charge >= 0.3 is 0 Å². The van der Waals surface area contributed by atoms with Crippen LogP contribution in [0.3, 0.4) is 0 Å². The molecule has 0 rings (SSSR count). The molecule has 0 heterocycles. The number of thioether (sulfide) groups is 1. The smallest absolute Gasteiger partial charge is 0.0167 e. The minimum atomic E-state index is 0.367. The highest BCUT2D eigenvalue weighted by atomic mass is 32.2. The van der Waals surface area contributed by atoms with E-state index in [0.29, 0.717) is 6.04 Å². The van der Waals surface area contributed by atoms with Gasteiger partial charge in [-0.2, -0.15) is 11.8 Å². The summed E-state index contributed by atoms with van der Waals surface area (Å²) in [5.74, 6) is 1.21. The second-order valence-electron chi connectivity index (χ2n) is 3.66. The molecule has 0 saturated carbocycles. The Morgan fingerprint density at radius 3 is 2.69 bits per heavy atom. The second-order valence-corrected chi connectivity index (χ2v) is 4.64. The first-order chi connectivity index (χ1) is 6.20. The van der Waals surface area contributed by atoms with Gasteiger partial charge in [-0.15, -0.1) is 0 Å². The van der Waals surface area contributed by atoms with Crippen molar-refractivity contribution in [3.05, 3.63) is 0 Å². The van der Waals surface area contributed by atoms with Crippen molar-refractivity contribution in [1.29, 1.82) is 0 Å². The molecule has 0 aliphatic rings. The monoisotopic (exact) mass is 204 g/mol. The molecule has 1 unspecified atom stereocenters. The first kappa shape index (κ1) is 13.3.